The standard InChI is InChI=1S/C16H25F2N3O2S/c1-19-16(20-8-4-5-9-24-3)21-11-12-10-13(22-2)6-7-14(12)23-15(17)18/h6-7,10,15H,4-5,8-9,11H2,1-3H3,(H2,19,20,21). The molecule has 0 unspecified atom stereocenters. The van der Waals surface area contributed by atoms with E-state index in [9.17, 15) is 8.78 Å². The van der Waals surface area contributed by atoms with Crippen LogP contribution in [0.5, 0.6) is 11.5 Å². The number of rotatable bonds is 10. The van der Waals surface area contributed by atoms with Crippen LogP contribution in [0, 0.1) is 0 Å². The van der Waals surface area contributed by atoms with Crippen LogP contribution in [-0.2, 0) is 6.54 Å². The monoisotopic (exact) mass is 361 g/mol. The van der Waals surface area contributed by atoms with E-state index in [2.05, 4.69) is 26.6 Å². The summed E-state index contributed by atoms with van der Waals surface area (Å²) < 4.78 is 34.7. The van der Waals surface area contributed by atoms with Gasteiger partial charge < -0.3 is 20.1 Å². The van der Waals surface area contributed by atoms with Gasteiger partial charge in [0.2, 0.25) is 0 Å². The third-order valence-electron chi connectivity index (χ3n) is 3.22. The second-order valence-electron chi connectivity index (χ2n) is 4.90. The summed E-state index contributed by atoms with van der Waals surface area (Å²) in [6.07, 6.45) is 4.26. The molecule has 0 heterocycles. The maximum Gasteiger partial charge on any atom is 0.387 e. The molecule has 1 aromatic carbocycles. The number of unbranched alkanes of at least 4 members (excludes halogenated alkanes) is 1. The summed E-state index contributed by atoms with van der Waals surface area (Å²) >= 11 is 1.82. The van der Waals surface area contributed by atoms with Gasteiger partial charge in [0, 0.05) is 25.7 Å². The van der Waals surface area contributed by atoms with E-state index in [1.54, 1.807) is 19.2 Å². The van der Waals surface area contributed by atoms with Gasteiger partial charge in [-0.1, -0.05) is 0 Å². The van der Waals surface area contributed by atoms with Crippen molar-refractivity contribution >= 4 is 17.7 Å². The minimum Gasteiger partial charge on any atom is -0.497 e. The Balaban J connectivity index is 2.59. The average Bonchev–Trinajstić information content (AvgIpc) is 2.58. The number of guanidine groups is 1. The molecular weight excluding hydrogens is 336 g/mol. The van der Waals surface area contributed by atoms with E-state index in [1.165, 1.54) is 13.2 Å². The molecule has 0 spiro atoms. The van der Waals surface area contributed by atoms with Crippen LogP contribution >= 0.6 is 11.8 Å². The van der Waals surface area contributed by atoms with Crippen molar-refractivity contribution in [3.05, 3.63) is 23.8 Å². The zero-order valence-electron chi connectivity index (χ0n) is 14.3. The SMILES string of the molecule is CN=C(NCCCCSC)NCc1cc(OC)ccc1OC(F)F. The number of hydrogen-bond donors (Lipinski definition) is 2. The molecule has 0 amide bonds. The Hall–Kier alpha value is -1.70. The Bertz CT molecular complexity index is 516. The highest BCUT2D eigenvalue weighted by molar-refractivity contribution is 7.98. The number of benzene rings is 1. The Kier molecular flexibility index (Phi) is 9.98. The Morgan fingerprint density at radius 3 is 2.71 bits per heavy atom. The lowest BCUT2D eigenvalue weighted by Gasteiger charge is -2.15. The predicted octanol–water partition coefficient (Wildman–Crippen LogP) is 3.10. The molecule has 5 nitrogen and oxygen atoms in total. The van der Waals surface area contributed by atoms with Crippen LogP contribution in [-0.4, -0.2) is 45.3 Å². The van der Waals surface area contributed by atoms with Crippen LogP contribution in [0.3, 0.4) is 0 Å². The topological polar surface area (TPSA) is 54.9 Å². The van der Waals surface area contributed by atoms with Gasteiger partial charge >= 0.3 is 6.61 Å². The molecule has 0 radical (unpaired) electrons. The zero-order valence-corrected chi connectivity index (χ0v) is 15.1. The number of thioether (sulfide) groups is 1. The highest BCUT2D eigenvalue weighted by Crippen LogP contribution is 2.25. The summed E-state index contributed by atoms with van der Waals surface area (Å²) in [6.45, 7) is -1.77. The van der Waals surface area contributed by atoms with Gasteiger partial charge in [-0.05, 0) is 43.0 Å². The number of nitrogens with one attached hydrogen (secondary N) is 2. The Morgan fingerprint density at radius 1 is 1.29 bits per heavy atom. The third kappa shape index (κ3) is 7.72. The summed E-state index contributed by atoms with van der Waals surface area (Å²) in [5.74, 6) is 2.44. The van der Waals surface area contributed by atoms with E-state index >= 15 is 0 Å². The van der Waals surface area contributed by atoms with Crippen LogP contribution in [0.15, 0.2) is 23.2 Å². The summed E-state index contributed by atoms with van der Waals surface area (Å²) in [4.78, 5) is 4.12. The molecule has 0 bridgehead atoms. The van der Waals surface area contributed by atoms with Crippen LogP contribution < -0.4 is 20.1 Å². The van der Waals surface area contributed by atoms with Crippen molar-refractivity contribution in [1.82, 2.24) is 10.6 Å². The maximum atomic E-state index is 12.5. The van der Waals surface area contributed by atoms with Gasteiger partial charge in [0.25, 0.3) is 0 Å². The number of alkyl halides is 2. The summed E-state index contributed by atoms with van der Waals surface area (Å²) in [6, 6.07) is 4.72. The number of aliphatic imine (C=N–C) groups is 1. The molecular formula is C16H25F2N3O2S. The molecule has 0 saturated carbocycles. The van der Waals surface area contributed by atoms with Crippen molar-refractivity contribution in [1.29, 1.82) is 0 Å². The summed E-state index contributed by atoms with van der Waals surface area (Å²) in [7, 11) is 3.19. The van der Waals surface area contributed by atoms with E-state index < -0.39 is 6.61 Å². The van der Waals surface area contributed by atoms with E-state index in [-0.39, 0.29) is 5.75 Å². The number of ether oxygens (including phenoxy) is 2. The molecule has 0 aromatic heterocycles. The lowest BCUT2D eigenvalue weighted by Crippen LogP contribution is -2.37. The van der Waals surface area contributed by atoms with Gasteiger partial charge in [0.15, 0.2) is 5.96 Å². The van der Waals surface area contributed by atoms with Gasteiger partial charge in [0.1, 0.15) is 11.5 Å². The second-order valence-corrected chi connectivity index (χ2v) is 5.89. The summed E-state index contributed by atoms with van der Waals surface area (Å²) in [5, 5.41) is 6.29. The quantitative estimate of drug-likeness (QED) is 0.381. The van der Waals surface area contributed by atoms with Crippen molar-refractivity contribution in [3.8, 4) is 11.5 Å². The van der Waals surface area contributed by atoms with E-state index in [0.717, 1.165) is 25.1 Å². The van der Waals surface area contributed by atoms with E-state index in [0.29, 0.717) is 23.8 Å². The molecule has 8 heteroatoms. The smallest absolute Gasteiger partial charge is 0.387 e. The number of nitrogens with zero attached hydrogens (tertiary/aromatic N) is 1. The first-order valence-electron chi connectivity index (χ1n) is 7.66. The molecule has 0 saturated heterocycles. The third-order valence-corrected chi connectivity index (χ3v) is 3.92. The van der Waals surface area contributed by atoms with Crippen molar-refractivity contribution < 1.29 is 18.3 Å². The molecule has 0 fully saturated rings. The highest BCUT2D eigenvalue weighted by atomic mass is 32.2. The van der Waals surface area contributed by atoms with Crippen LogP contribution in [0.2, 0.25) is 0 Å². The van der Waals surface area contributed by atoms with Gasteiger partial charge in [-0.15, -0.1) is 0 Å². The average molecular weight is 361 g/mol. The number of halogens is 2. The lowest BCUT2D eigenvalue weighted by molar-refractivity contribution is -0.0504. The predicted molar refractivity (Wildman–Crippen MR) is 95.4 cm³/mol. The van der Waals surface area contributed by atoms with Gasteiger partial charge in [-0.25, -0.2) is 0 Å². The fraction of sp³-hybridized carbons (Fsp3) is 0.562. The van der Waals surface area contributed by atoms with Crippen LogP contribution in [0.25, 0.3) is 0 Å². The minimum atomic E-state index is -2.87. The molecule has 0 aliphatic carbocycles. The van der Waals surface area contributed by atoms with Crippen molar-refractivity contribution in [2.45, 2.75) is 26.0 Å². The van der Waals surface area contributed by atoms with Crippen molar-refractivity contribution in [2.24, 2.45) is 4.99 Å². The fourth-order valence-corrected chi connectivity index (χ4v) is 2.50. The molecule has 1 rings (SSSR count). The highest BCUT2D eigenvalue weighted by Gasteiger charge is 2.11. The Morgan fingerprint density at radius 2 is 2.08 bits per heavy atom. The van der Waals surface area contributed by atoms with Gasteiger partial charge in [-0.3, -0.25) is 4.99 Å². The first-order chi connectivity index (χ1) is 11.6. The fourth-order valence-electron chi connectivity index (χ4n) is 2.01. The number of hydrogen-bond acceptors (Lipinski definition) is 4. The Labute approximate surface area is 146 Å². The largest absolute Gasteiger partial charge is 0.497 e. The summed E-state index contributed by atoms with van der Waals surface area (Å²) in [5.41, 5.74) is 0.569. The second kappa shape index (κ2) is 11.8. The van der Waals surface area contributed by atoms with E-state index in [4.69, 9.17) is 4.74 Å². The van der Waals surface area contributed by atoms with E-state index in [1.807, 2.05) is 11.8 Å². The lowest BCUT2D eigenvalue weighted by atomic mass is 10.2. The molecule has 136 valence electrons. The minimum absolute atomic E-state index is 0.119. The number of methoxy groups -OCH3 is 1. The van der Waals surface area contributed by atoms with Crippen molar-refractivity contribution in [3.63, 3.8) is 0 Å². The first kappa shape index (κ1) is 20.3. The molecule has 0 aliphatic heterocycles. The normalized spacial score (nSPS) is 11.5. The van der Waals surface area contributed by atoms with Crippen molar-refractivity contribution in [2.75, 3.05) is 32.7 Å². The molecule has 24 heavy (non-hydrogen) atoms. The van der Waals surface area contributed by atoms with Crippen LogP contribution in [0.4, 0.5) is 8.78 Å². The first-order valence-corrected chi connectivity index (χ1v) is 9.05. The van der Waals surface area contributed by atoms with Gasteiger partial charge in [0.05, 0.1) is 7.11 Å². The molecule has 0 atom stereocenters. The van der Waals surface area contributed by atoms with Crippen LogP contribution in [0.1, 0.15) is 18.4 Å². The molecule has 0 aliphatic rings. The molecule has 1 aromatic rings. The maximum absolute atomic E-state index is 12.5. The zero-order chi connectivity index (χ0) is 17.8. The molecule has 2 N–H and O–H groups in total. The van der Waals surface area contributed by atoms with Gasteiger partial charge in [-0.2, -0.15) is 20.5 Å².